The first-order chi connectivity index (χ1) is 11.8. The fourth-order valence-electron chi connectivity index (χ4n) is 3.97. The van der Waals surface area contributed by atoms with Gasteiger partial charge in [-0.1, -0.05) is 60.7 Å². The lowest BCUT2D eigenvalue weighted by atomic mass is 9.82. The largest absolute Gasteiger partial charge is 0.373 e. The number of epoxide rings is 1. The van der Waals surface area contributed by atoms with Crippen molar-refractivity contribution in [2.45, 2.75) is 24.9 Å². The molecule has 2 heteroatoms. The Labute approximate surface area is 141 Å². The third-order valence-corrected chi connectivity index (χ3v) is 5.27. The number of ether oxygens (including phenoxy) is 1. The number of benzene rings is 2. The highest BCUT2D eigenvalue weighted by Crippen LogP contribution is 2.41. The Kier molecular flexibility index (Phi) is 3.07. The van der Waals surface area contributed by atoms with E-state index >= 15 is 0 Å². The Morgan fingerprint density at radius 1 is 1.04 bits per heavy atom. The predicted molar refractivity (Wildman–Crippen MR) is 94.0 cm³/mol. The summed E-state index contributed by atoms with van der Waals surface area (Å²) in [6, 6.07) is 14.9. The average Bonchev–Trinajstić information content (AvgIpc) is 3.34. The number of ketones is 1. The van der Waals surface area contributed by atoms with Crippen LogP contribution in [0.4, 0.5) is 0 Å². The van der Waals surface area contributed by atoms with Crippen LogP contribution in [0.3, 0.4) is 0 Å². The highest BCUT2D eigenvalue weighted by Gasteiger charge is 2.32. The van der Waals surface area contributed by atoms with Gasteiger partial charge < -0.3 is 4.74 Å². The molecule has 2 atom stereocenters. The zero-order chi connectivity index (χ0) is 16.1. The first kappa shape index (κ1) is 13.9. The molecule has 0 N–H and O–H groups in total. The SMILES string of the molecule is O=C1C(CC2CO2)=CC=CC1c1cccc2c1Cc1ccccc1-2. The molecular formula is C22H18O2. The summed E-state index contributed by atoms with van der Waals surface area (Å²) in [5.41, 5.74) is 7.32. The monoisotopic (exact) mass is 314 g/mol. The van der Waals surface area contributed by atoms with Gasteiger partial charge in [0.1, 0.15) is 0 Å². The number of carbonyl (C=O) groups excluding carboxylic acids is 1. The van der Waals surface area contributed by atoms with Crippen LogP contribution >= 0.6 is 0 Å². The highest BCUT2D eigenvalue weighted by molar-refractivity contribution is 6.03. The van der Waals surface area contributed by atoms with Crippen molar-refractivity contribution in [1.29, 1.82) is 0 Å². The maximum absolute atomic E-state index is 13.0. The molecule has 2 nitrogen and oxygen atoms in total. The van der Waals surface area contributed by atoms with Crippen LogP contribution in [-0.2, 0) is 16.0 Å². The standard InChI is InChI=1S/C22H18O2/c23-22-15(11-16-13-24-16)6-3-10-20(22)19-9-4-8-18-17-7-2-1-5-14(17)12-21(18)19/h1-10,16,20H,11-13H2. The van der Waals surface area contributed by atoms with Gasteiger partial charge in [-0.2, -0.15) is 0 Å². The number of allylic oxidation sites excluding steroid dienone is 3. The smallest absolute Gasteiger partial charge is 0.170 e. The molecule has 1 aliphatic heterocycles. The van der Waals surface area contributed by atoms with Crippen molar-refractivity contribution in [2.24, 2.45) is 0 Å². The fraction of sp³-hybridized carbons (Fsp3) is 0.227. The maximum atomic E-state index is 13.0. The van der Waals surface area contributed by atoms with Crippen LogP contribution in [0.25, 0.3) is 11.1 Å². The molecule has 3 aliphatic rings. The molecule has 0 saturated carbocycles. The summed E-state index contributed by atoms with van der Waals surface area (Å²) in [7, 11) is 0. The van der Waals surface area contributed by atoms with Gasteiger partial charge in [-0.25, -0.2) is 0 Å². The van der Waals surface area contributed by atoms with Crippen molar-refractivity contribution < 1.29 is 9.53 Å². The van der Waals surface area contributed by atoms with E-state index in [1.165, 1.54) is 22.3 Å². The second-order valence-corrected chi connectivity index (χ2v) is 6.79. The minimum Gasteiger partial charge on any atom is -0.373 e. The van der Waals surface area contributed by atoms with Gasteiger partial charge in [0.15, 0.2) is 5.78 Å². The van der Waals surface area contributed by atoms with Gasteiger partial charge in [0.05, 0.1) is 18.6 Å². The molecular weight excluding hydrogens is 296 g/mol. The summed E-state index contributed by atoms with van der Waals surface area (Å²) in [6.07, 6.45) is 7.94. The molecule has 2 aliphatic carbocycles. The normalized spacial score (nSPS) is 23.7. The third-order valence-electron chi connectivity index (χ3n) is 5.27. The van der Waals surface area contributed by atoms with Gasteiger partial charge in [-0.3, -0.25) is 4.79 Å². The number of Topliss-reactive ketones (excluding diaryl/α,β-unsaturated/α-hetero) is 1. The van der Waals surface area contributed by atoms with Crippen molar-refractivity contribution in [3.63, 3.8) is 0 Å². The van der Waals surface area contributed by atoms with E-state index in [-0.39, 0.29) is 17.8 Å². The molecule has 0 bridgehead atoms. The van der Waals surface area contributed by atoms with Crippen LogP contribution < -0.4 is 0 Å². The highest BCUT2D eigenvalue weighted by atomic mass is 16.6. The van der Waals surface area contributed by atoms with Gasteiger partial charge in [-0.05, 0) is 39.8 Å². The first-order valence-corrected chi connectivity index (χ1v) is 8.54. The molecule has 0 spiro atoms. The number of hydrogen-bond donors (Lipinski definition) is 0. The van der Waals surface area contributed by atoms with Gasteiger partial charge in [0, 0.05) is 6.42 Å². The molecule has 2 aromatic carbocycles. The number of carbonyl (C=O) groups is 1. The Bertz CT molecular complexity index is 900. The molecule has 118 valence electrons. The predicted octanol–water partition coefficient (Wildman–Crippen LogP) is 4.20. The minimum absolute atomic E-state index is 0.159. The minimum atomic E-state index is -0.159. The van der Waals surface area contributed by atoms with E-state index in [4.69, 9.17) is 4.74 Å². The van der Waals surface area contributed by atoms with E-state index in [1.807, 2.05) is 18.2 Å². The summed E-state index contributed by atoms with van der Waals surface area (Å²) in [6.45, 7) is 0.787. The van der Waals surface area contributed by atoms with E-state index in [0.29, 0.717) is 0 Å². The number of hydrogen-bond acceptors (Lipinski definition) is 2. The molecule has 0 amide bonds. The van der Waals surface area contributed by atoms with Crippen molar-refractivity contribution in [2.75, 3.05) is 6.61 Å². The van der Waals surface area contributed by atoms with Crippen molar-refractivity contribution in [3.8, 4) is 11.1 Å². The lowest BCUT2D eigenvalue weighted by Gasteiger charge is -2.20. The summed E-state index contributed by atoms with van der Waals surface area (Å²) < 4.78 is 5.30. The lowest BCUT2D eigenvalue weighted by Crippen LogP contribution is -2.18. The Hall–Kier alpha value is -2.45. The molecule has 0 aromatic heterocycles. The molecule has 1 saturated heterocycles. The van der Waals surface area contributed by atoms with Gasteiger partial charge in [0.25, 0.3) is 0 Å². The third kappa shape index (κ3) is 2.18. The van der Waals surface area contributed by atoms with Crippen LogP contribution in [0.5, 0.6) is 0 Å². The van der Waals surface area contributed by atoms with Gasteiger partial charge in [0.2, 0.25) is 0 Å². The summed E-state index contributed by atoms with van der Waals surface area (Å²) in [5.74, 6) is 0.0744. The summed E-state index contributed by atoms with van der Waals surface area (Å²) >= 11 is 0. The van der Waals surface area contributed by atoms with E-state index in [9.17, 15) is 4.79 Å². The van der Waals surface area contributed by atoms with Crippen LogP contribution in [0.2, 0.25) is 0 Å². The number of fused-ring (bicyclic) bond motifs is 3. The zero-order valence-electron chi connectivity index (χ0n) is 13.4. The molecule has 24 heavy (non-hydrogen) atoms. The Morgan fingerprint density at radius 3 is 2.75 bits per heavy atom. The van der Waals surface area contributed by atoms with Crippen LogP contribution in [0.15, 0.2) is 66.3 Å². The molecule has 1 fully saturated rings. The second kappa shape index (κ2) is 5.29. The average molecular weight is 314 g/mol. The Morgan fingerprint density at radius 2 is 1.88 bits per heavy atom. The maximum Gasteiger partial charge on any atom is 0.170 e. The van der Waals surface area contributed by atoms with E-state index < -0.39 is 0 Å². The van der Waals surface area contributed by atoms with Crippen molar-refractivity contribution in [3.05, 3.63) is 83.0 Å². The number of rotatable bonds is 3. The second-order valence-electron chi connectivity index (χ2n) is 6.79. The molecule has 2 aromatic rings. The van der Waals surface area contributed by atoms with Crippen LogP contribution in [0.1, 0.15) is 29.0 Å². The fourth-order valence-corrected chi connectivity index (χ4v) is 3.97. The van der Waals surface area contributed by atoms with E-state index in [1.54, 1.807) is 0 Å². The molecule has 1 heterocycles. The zero-order valence-corrected chi connectivity index (χ0v) is 13.4. The topological polar surface area (TPSA) is 29.6 Å². The van der Waals surface area contributed by atoms with Gasteiger partial charge in [-0.15, -0.1) is 0 Å². The van der Waals surface area contributed by atoms with Crippen LogP contribution in [-0.4, -0.2) is 18.5 Å². The quantitative estimate of drug-likeness (QED) is 0.678. The molecule has 2 unspecified atom stereocenters. The van der Waals surface area contributed by atoms with Crippen LogP contribution in [0, 0.1) is 0 Å². The van der Waals surface area contributed by atoms with Crippen molar-refractivity contribution in [1.82, 2.24) is 0 Å². The Balaban J connectivity index is 1.54. The lowest BCUT2D eigenvalue weighted by molar-refractivity contribution is -0.116. The first-order valence-electron chi connectivity index (χ1n) is 8.54. The van der Waals surface area contributed by atoms with E-state index in [2.05, 4.69) is 42.5 Å². The molecule has 0 radical (unpaired) electrons. The summed E-state index contributed by atoms with van der Waals surface area (Å²) in [5, 5.41) is 0. The van der Waals surface area contributed by atoms with Crippen molar-refractivity contribution >= 4 is 5.78 Å². The van der Waals surface area contributed by atoms with Gasteiger partial charge >= 0.3 is 0 Å². The van der Waals surface area contributed by atoms with E-state index in [0.717, 1.165) is 30.6 Å². The molecule has 5 rings (SSSR count). The summed E-state index contributed by atoms with van der Waals surface area (Å²) in [4.78, 5) is 13.0.